The highest BCUT2D eigenvalue weighted by atomic mass is 15.1. The van der Waals surface area contributed by atoms with Crippen LogP contribution >= 0.6 is 0 Å². The van der Waals surface area contributed by atoms with Gasteiger partial charge in [-0.25, -0.2) is 0 Å². The first-order valence-electron chi connectivity index (χ1n) is 18.8. The Morgan fingerprint density at radius 3 is 1.56 bits per heavy atom. The highest BCUT2D eigenvalue weighted by molar-refractivity contribution is 6.38. The molecule has 0 bridgehead atoms. The fraction of sp³-hybridized carbons (Fsp3) is 0. The molecule has 0 heterocycles. The van der Waals surface area contributed by atoms with Gasteiger partial charge in [0.2, 0.25) is 0 Å². The quantitative estimate of drug-likeness (QED) is 0.135. The van der Waals surface area contributed by atoms with Crippen molar-refractivity contribution in [2.75, 3.05) is 4.90 Å². The zero-order chi connectivity index (χ0) is 36.2. The lowest BCUT2D eigenvalue weighted by Crippen LogP contribution is -2.09. The van der Waals surface area contributed by atoms with Crippen molar-refractivity contribution >= 4 is 103 Å². The molecule has 0 aliphatic heterocycles. The van der Waals surface area contributed by atoms with Crippen LogP contribution in [0.2, 0.25) is 0 Å². The second-order valence-electron chi connectivity index (χ2n) is 14.8. The van der Waals surface area contributed by atoms with E-state index in [1.165, 1.54) is 91.7 Å². The second kappa shape index (κ2) is 11.3. The Labute approximate surface area is 317 Å². The SMILES string of the molecule is N#Cc1ccc(-c2c3cc4cc5c6ccccc6c6cccc(c4cc3cc3c4cc(N(c7ccccc7)c7ccccc7)cc7cccc(c23)c74)c65)cc1. The molecule has 2 heteroatoms. The molecule has 0 N–H and O–H groups in total. The average Bonchev–Trinajstić information content (AvgIpc) is 3.74. The van der Waals surface area contributed by atoms with E-state index in [1.807, 2.05) is 12.1 Å². The highest BCUT2D eigenvalue weighted by Gasteiger charge is 2.23. The van der Waals surface area contributed by atoms with Crippen LogP contribution in [0.15, 0.2) is 182 Å². The summed E-state index contributed by atoms with van der Waals surface area (Å²) in [5.41, 5.74) is 6.32. The molecule has 0 radical (unpaired) electrons. The minimum atomic E-state index is 0.659. The molecule has 0 unspecified atom stereocenters. The van der Waals surface area contributed by atoms with Crippen LogP contribution in [0.5, 0.6) is 0 Å². The second-order valence-corrected chi connectivity index (χ2v) is 14.8. The summed E-state index contributed by atoms with van der Waals surface area (Å²) in [5, 5.41) is 30.0. The maximum absolute atomic E-state index is 9.76. The first kappa shape index (κ1) is 30.0. The molecule has 12 aromatic rings. The third kappa shape index (κ3) is 4.24. The van der Waals surface area contributed by atoms with Crippen LogP contribution in [0.25, 0.3) is 97.3 Å². The molecule has 0 aromatic heterocycles. The van der Waals surface area contributed by atoms with E-state index in [2.05, 4.69) is 181 Å². The summed E-state index contributed by atoms with van der Waals surface area (Å²) < 4.78 is 0. The van der Waals surface area contributed by atoms with Gasteiger partial charge in [0.1, 0.15) is 0 Å². The van der Waals surface area contributed by atoms with Gasteiger partial charge in [0, 0.05) is 17.1 Å². The summed E-state index contributed by atoms with van der Waals surface area (Å²) in [6, 6.07) is 68.5. The number of rotatable bonds is 4. The summed E-state index contributed by atoms with van der Waals surface area (Å²) in [5.74, 6) is 0. The summed E-state index contributed by atoms with van der Waals surface area (Å²) in [6.07, 6.45) is 0. The van der Waals surface area contributed by atoms with E-state index in [9.17, 15) is 5.26 Å². The van der Waals surface area contributed by atoms with Crippen LogP contribution in [0, 0.1) is 11.3 Å². The number of para-hydroxylation sites is 2. The molecule has 0 aliphatic carbocycles. The van der Waals surface area contributed by atoms with Crippen molar-refractivity contribution < 1.29 is 0 Å². The molecule has 252 valence electrons. The van der Waals surface area contributed by atoms with Crippen LogP contribution in [0.4, 0.5) is 17.1 Å². The minimum Gasteiger partial charge on any atom is -0.310 e. The number of anilines is 3. The van der Waals surface area contributed by atoms with E-state index in [1.54, 1.807) is 0 Å². The zero-order valence-corrected chi connectivity index (χ0v) is 29.7. The van der Waals surface area contributed by atoms with Crippen molar-refractivity contribution in [3.8, 4) is 17.2 Å². The summed E-state index contributed by atoms with van der Waals surface area (Å²) in [6.45, 7) is 0. The summed E-state index contributed by atoms with van der Waals surface area (Å²) in [4.78, 5) is 2.36. The minimum absolute atomic E-state index is 0.659. The Kier molecular flexibility index (Phi) is 6.15. The summed E-state index contributed by atoms with van der Waals surface area (Å²) in [7, 11) is 0. The van der Waals surface area contributed by atoms with Crippen molar-refractivity contribution in [2.45, 2.75) is 0 Å². The number of hydrogen-bond acceptors (Lipinski definition) is 2. The maximum atomic E-state index is 9.76. The topological polar surface area (TPSA) is 27.0 Å². The van der Waals surface area contributed by atoms with E-state index in [0.29, 0.717) is 5.56 Å². The Morgan fingerprint density at radius 1 is 0.327 bits per heavy atom. The molecule has 2 nitrogen and oxygen atoms in total. The van der Waals surface area contributed by atoms with E-state index in [-0.39, 0.29) is 0 Å². The van der Waals surface area contributed by atoms with Crippen molar-refractivity contribution in [3.05, 3.63) is 188 Å². The monoisotopic (exact) mass is 694 g/mol. The highest BCUT2D eigenvalue weighted by Crippen LogP contribution is 2.50. The molecule has 55 heavy (non-hydrogen) atoms. The van der Waals surface area contributed by atoms with E-state index >= 15 is 0 Å². The van der Waals surface area contributed by atoms with Crippen LogP contribution in [-0.2, 0) is 0 Å². The molecule has 0 saturated heterocycles. The number of hydrogen-bond donors (Lipinski definition) is 0. The first-order chi connectivity index (χ1) is 27.2. The van der Waals surface area contributed by atoms with Crippen molar-refractivity contribution in [2.24, 2.45) is 0 Å². The average molecular weight is 695 g/mol. The molecular formula is C53H30N2. The molecule has 0 fully saturated rings. The molecular weight excluding hydrogens is 665 g/mol. The van der Waals surface area contributed by atoms with Crippen LogP contribution in [0.3, 0.4) is 0 Å². The molecule has 12 aromatic carbocycles. The van der Waals surface area contributed by atoms with Gasteiger partial charge in [0.15, 0.2) is 0 Å². The Morgan fingerprint density at radius 2 is 0.855 bits per heavy atom. The third-order valence-electron chi connectivity index (χ3n) is 11.9. The Bertz CT molecular complexity index is 3490. The molecule has 0 amide bonds. The van der Waals surface area contributed by atoms with Gasteiger partial charge in [0.25, 0.3) is 0 Å². The van der Waals surface area contributed by atoms with Gasteiger partial charge < -0.3 is 4.90 Å². The van der Waals surface area contributed by atoms with Gasteiger partial charge in [0.05, 0.1) is 11.6 Å². The number of benzene rings is 10. The normalized spacial score (nSPS) is 12.0. The van der Waals surface area contributed by atoms with Gasteiger partial charge in [-0.1, -0.05) is 109 Å². The standard InChI is InChI=1S/C53H30N2/c54-31-32-21-23-33(24-22-32)51-46-27-35-28-47-41-17-8-7-16-40(41)42-18-10-19-43(52(42)47)45(35)26-36(46)29-48-49-30-39(25-34-11-9-20-44(50(34)49)53(48)51)55(37-12-3-1-4-13-37)38-14-5-2-6-15-38/h1-30H. The summed E-state index contributed by atoms with van der Waals surface area (Å²) >= 11 is 0. The maximum Gasteiger partial charge on any atom is 0.0991 e. The Balaban J connectivity index is 1.24. The third-order valence-corrected chi connectivity index (χ3v) is 11.9. The predicted molar refractivity (Wildman–Crippen MR) is 234 cm³/mol. The van der Waals surface area contributed by atoms with Gasteiger partial charge in [-0.15, -0.1) is 0 Å². The van der Waals surface area contributed by atoms with Crippen LogP contribution in [-0.4, -0.2) is 0 Å². The van der Waals surface area contributed by atoms with Gasteiger partial charge >= 0.3 is 0 Å². The molecule has 0 spiro atoms. The van der Waals surface area contributed by atoms with Crippen molar-refractivity contribution in [3.63, 3.8) is 0 Å². The fourth-order valence-electron chi connectivity index (χ4n) is 9.57. The van der Waals surface area contributed by atoms with Gasteiger partial charge in [-0.05, 0) is 170 Å². The molecule has 12 rings (SSSR count). The lowest BCUT2D eigenvalue weighted by Gasteiger charge is -2.26. The number of fused-ring (bicyclic) bond motifs is 9. The van der Waals surface area contributed by atoms with Gasteiger partial charge in [-0.2, -0.15) is 5.26 Å². The molecule has 0 atom stereocenters. The van der Waals surface area contributed by atoms with Gasteiger partial charge in [-0.3, -0.25) is 0 Å². The predicted octanol–water partition coefficient (Wildman–Crippen LogP) is 14.8. The molecule has 0 aliphatic rings. The zero-order valence-electron chi connectivity index (χ0n) is 29.7. The van der Waals surface area contributed by atoms with Crippen LogP contribution in [0.1, 0.15) is 5.56 Å². The first-order valence-corrected chi connectivity index (χ1v) is 18.8. The lowest BCUT2D eigenvalue weighted by molar-refractivity contribution is 1.29. The Hall–Kier alpha value is -7.47. The van der Waals surface area contributed by atoms with Crippen molar-refractivity contribution in [1.29, 1.82) is 5.26 Å². The van der Waals surface area contributed by atoms with E-state index in [4.69, 9.17) is 0 Å². The molecule has 0 saturated carbocycles. The fourth-order valence-corrected chi connectivity index (χ4v) is 9.57. The van der Waals surface area contributed by atoms with E-state index in [0.717, 1.165) is 22.6 Å². The lowest BCUT2D eigenvalue weighted by atomic mass is 9.89. The number of nitriles is 1. The van der Waals surface area contributed by atoms with E-state index < -0.39 is 0 Å². The number of nitrogens with zero attached hydrogens (tertiary/aromatic N) is 2. The largest absolute Gasteiger partial charge is 0.310 e. The van der Waals surface area contributed by atoms with Crippen LogP contribution < -0.4 is 4.90 Å². The van der Waals surface area contributed by atoms with Crippen molar-refractivity contribution in [1.82, 2.24) is 0 Å². The smallest absolute Gasteiger partial charge is 0.0991 e.